The lowest BCUT2D eigenvalue weighted by atomic mass is 10.0. The van der Waals surface area contributed by atoms with Gasteiger partial charge in [0, 0.05) is 31.7 Å². The van der Waals surface area contributed by atoms with Crippen molar-refractivity contribution in [2.45, 2.75) is 18.9 Å². The second kappa shape index (κ2) is 9.26. The van der Waals surface area contributed by atoms with Crippen molar-refractivity contribution in [3.63, 3.8) is 0 Å². The number of carbonyl (C=O) groups excluding carboxylic acids is 1. The Labute approximate surface area is 190 Å². The maximum Gasteiger partial charge on any atom is 0.416 e. The number of amides is 1. The molecular formula is C22H20F6N4O2. The summed E-state index contributed by atoms with van der Waals surface area (Å²) in [6.45, 7) is 3.61. The van der Waals surface area contributed by atoms with Crippen molar-refractivity contribution in [1.29, 1.82) is 0 Å². The van der Waals surface area contributed by atoms with Crippen molar-refractivity contribution in [3.8, 4) is 0 Å². The van der Waals surface area contributed by atoms with Crippen LogP contribution < -0.4 is 5.32 Å². The fourth-order valence-corrected chi connectivity index (χ4v) is 3.72. The molecule has 1 amide bonds. The number of fused-ring (bicyclic) bond motifs is 1. The number of halogens is 6. The van der Waals surface area contributed by atoms with Gasteiger partial charge in [-0.05, 0) is 30.3 Å². The highest BCUT2D eigenvalue weighted by molar-refractivity contribution is 6.04. The lowest BCUT2D eigenvalue weighted by Gasteiger charge is -2.26. The molecule has 34 heavy (non-hydrogen) atoms. The van der Waals surface area contributed by atoms with Crippen LogP contribution in [0.2, 0.25) is 0 Å². The van der Waals surface area contributed by atoms with Crippen LogP contribution in [0.15, 0.2) is 42.5 Å². The van der Waals surface area contributed by atoms with Crippen molar-refractivity contribution in [2.24, 2.45) is 0 Å². The maximum atomic E-state index is 13.2. The second-order valence-corrected chi connectivity index (χ2v) is 7.78. The highest BCUT2D eigenvalue weighted by Crippen LogP contribution is 2.36. The van der Waals surface area contributed by atoms with Crippen LogP contribution in [-0.4, -0.2) is 53.2 Å². The number of nitrogens with one attached hydrogen (secondary N) is 1. The van der Waals surface area contributed by atoms with Crippen molar-refractivity contribution in [1.82, 2.24) is 14.5 Å². The van der Waals surface area contributed by atoms with Crippen LogP contribution in [0.25, 0.3) is 11.0 Å². The van der Waals surface area contributed by atoms with Gasteiger partial charge in [0.25, 0.3) is 5.91 Å². The zero-order valence-electron chi connectivity index (χ0n) is 17.7. The summed E-state index contributed by atoms with van der Waals surface area (Å²) in [5.74, 6) is -1.09. The van der Waals surface area contributed by atoms with Gasteiger partial charge < -0.3 is 9.30 Å². The molecule has 0 unspecified atom stereocenters. The fourth-order valence-electron chi connectivity index (χ4n) is 3.72. The zero-order valence-corrected chi connectivity index (χ0v) is 17.7. The summed E-state index contributed by atoms with van der Waals surface area (Å²) < 4.78 is 86.1. The average Bonchev–Trinajstić information content (AvgIpc) is 3.13. The molecule has 1 aliphatic heterocycles. The maximum absolute atomic E-state index is 13.2. The van der Waals surface area contributed by atoms with Crippen LogP contribution in [-0.2, 0) is 23.6 Å². The number of hydrogen-bond donors (Lipinski definition) is 1. The number of ether oxygens (including phenoxy) is 1. The molecule has 1 saturated heterocycles. The Morgan fingerprint density at radius 2 is 1.56 bits per heavy atom. The van der Waals surface area contributed by atoms with Gasteiger partial charge in [-0.3, -0.25) is 15.0 Å². The van der Waals surface area contributed by atoms with Crippen LogP contribution in [0.3, 0.4) is 0 Å². The first-order chi connectivity index (χ1) is 16.0. The number of rotatable bonds is 5. The van der Waals surface area contributed by atoms with Crippen LogP contribution in [0.5, 0.6) is 0 Å². The largest absolute Gasteiger partial charge is 0.416 e. The minimum Gasteiger partial charge on any atom is -0.379 e. The van der Waals surface area contributed by atoms with Gasteiger partial charge in [0.1, 0.15) is 0 Å². The molecule has 2 heterocycles. The second-order valence-electron chi connectivity index (χ2n) is 7.78. The van der Waals surface area contributed by atoms with Crippen LogP contribution >= 0.6 is 0 Å². The van der Waals surface area contributed by atoms with Gasteiger partial charge in [0.2, 0.25) is 5.95 Å². The van der Waals surface area contributed by atoms with Gasteiger partial charge >= 0.3 is 12.4 Å². The van der Waals surface area contributed by atoms with E-state index in [1.54, 1.807) is 28.8 Å². The van der Waals surface area contributed by atoms with Crippen LogP contribution in [0.1, 0.15) is 21.5 Å². The fraction of sp³-hybridized carbons (Fsp3) is 0.364. The third-order valence-electron chi connectivity index (χ3n) is 5.47. The molecule has 0 atom stereocenters. The van der Waals surface area contributed by atoms with Crippen molar-refractivity contribution >= 4 is 22.9 Å². The Hall–Kier alpha value is -3.12. The van der Waals surface area contributed by atoms with Crippen molar-refractivity contribution in [3.05, 3.63) is 59.2 Å². The van der Waals surface area contributed by atoms with E-state index in [1.165, 1.54) is 0 Å². The molecule has 1 fully saturated rings. The molecule has 3 aromatic rings. The Morgan fingerprint density at radius 1 is 0.941 bits per heavy atom. The number of carbonyl (C=O) groups is 1. The topological polar surface area (TPSA) is 59.4 Å². The van der Waals surface area contributed by atoms with E-state index in [2.05, 4.69) is 15.2 Å². The van der Waals surface area contributed by atoms with E-state index in [4.69, 9.17) is 4.74 Å². The number of alkyl halides is 6. The Kier molecular flexibility index (Phi) is 6.54. The molecular weight excluding hydrogens is 466 g/mol. The summed E-state index contributed by atoms with van der Waals surface area (Å²) in [6, 6.07) is 7.73. The van der Waals surface area contributed by atoms with E-state index in [-0.39, 0.29) is 12.0 Å². The summed E-state index contributed by atoms with van der Waals surface area (Å²) in [7, 11) is 0. The number of imidazole rings is 1. The molecule has 0 radical (unpaired) electrons. The number of para-hydroxylation sites is 2. The predicted octanol–water partition coefficient (Wildman–Crippen LogP) is 4.66. The van der Waals surface area contributed by atoms with Crippen molar-refractivity contribution in [2.75, 3.05) is 38.2 Å². The molecule has 4 rings (SSSR count). The number of hydrogen-bond acceptors (Lipinski definition) is 4. The van der Waals surface area contributed by atoms with Gasteiger partial charge in [-0.25, -0.2) is 4.98 Å². The zero-order chi connectivity index (χ0) is 24.5. The predicted molar refractivity (Wildman–Crippen MR) is 111 cm³/mol. The molecule has 0 aliphatic carbocycles. The normalized spacial score (nSPS) is 15.6. The molecule has 0 spiro atoms. The Morgan fingerprint density at radius 3 is 2.18 bits per heavy atom. The van der Waals surface area contributed by atoms with Gasteiger partial charge in [-0.2, -0.15) is 26.3 Å². The average molecular weight is 486 g/mol. The molecule has 6 nitrogen and oxygen atoms in total. The van der Waals surface area contributed by atoms with E-state index in [9.17, 15) is 31.1 Å². The van der Waals surface area contributed by atoms with E-state index in [1.807, 2.05) is 0 Å². The minimum atomic E-state index is -5.05. The highest BCUT2D eigenvalue weighted by atomic mass is 19.4. The van der Waals surface area contributed by atoms with Gasteiger partial charge in [0.15, 0.2) is 0 Å². The first kappa shape index (κ1) is 24.0. The third-order valence-corrected chi connectivity index (χ3v) is 5.47. The van der Waals surface area contributed by atoms with E-state index in [0.29, 0.717) is 49.5 Å². The third kappa shape index (κ3) is 5.33. The Balaban J connectivity index is 1.65. The van der Waals surface area contributed by atoms with E-state index < -0.39 is 35.0 Å². The molecule has 1 aromatic heterocycles. The lowest BCUT2D eigenvalue weighted by molar-refractivity contribution is -0.143. The highest BCUT2D eigenvalue weighted by Gasteiger charge is 2.37. The summed E-state index contributed by atoms with van der Waals surface area (Å²) in [5.41, 5.74) is -2.69. The SMILES string of the molecule is O=C(Nc1nc2ccccc2n1CCN1CCOCC1)c1cc(C(F)(F)F)cc(C(F)(F)F)c1. The van der Waals surface area contributed by atoms with E-state index in [0.717, 1.165) is 13.1 Å². The van der Waals surface area contributed by atoms with Gasteiger partial charge in [0.05, 0.1) is 35.4 Å². The number of anilines is 1. The molecule has 0 bridgehead atoms. The molecule has 12 heteroatoms. The Bertz CT molecular complexity index is 1150. The number of benzene rings is 2. The smallest absolute Gasteiger partial charge is 0.379 e. The summed E-state index contributed by atoms with van der Waals surface area (Å²) >= 11 is 0. The lowest BCUT2D eigenvalue weighted by Crippen LogP contribution is -2.38. The van der Waals surface area contributed by atoms with E-state index >= 15 is 0 Å². The quantitative estimate of drug-likeness (QED) is 0.533. The van der Waals surface area contributed by atoms with Crippen LogP contribution in [0.4, 0.5) is 32.3 Å². The number of nitrogens with zero attached hydrogens (tertiary/aromatic N) is 3. The first-order valence-corrected chi connectivity index (χ1v) is 10.4. The first-order valence-electron chi connectivity index (χ1n) is 10.4. The molecule has 2 aromatic carbocycles. The molecule has 1 aliphatic rings. The summed E-state index contributed by atoms with van der Waals surface area (Å²) in [4.78, 5) is 19.3. The molecule has 0 saturated carbocycles. The molecule has 1 N–H and O–H groups in total. The monoisotopic (exact) mass is 486 g/mol. The number of morpholine rings is 1. The van der Waals surface area contributed by atoms with Gasteiger partial charge in [-0.1, -0.05) is 12.1 Å². The summed E-state index contributed by atoms with van der Waals surface area (Å²) in [5, 5.41) is 2.40. The van der Waals surface area contributed by atoms with Gasteiger partial charge in [-0.15, -0.1) is 0 Å². The standard InChI is InChI=1S/C22H20F6N4O2/c23-21(24,25)15-11-14(12-16(13-15)22(26,27)28)19(33)30-20-29-17-3-1-2-4-18(17)32(20)6-5-31-7-9-34-10-8-31/h1-4,11-13H,5-10H2,(H,29,30,33). The van der Waals surface area contributed by atoms with Crippen LogP contribution in [0, 0.1) is 0 Å². The minimum absolute atomic E-state index is 0.0195. The molecule has 182 valence electrons. The number of aromatic nitrogens is 2. The van der Waals surface area contributed by atoms with Crippen molar-refractivity contribution < 1.29 is 35.9 Å². The summed E-state index contributed by atoms with van der Waals surface area (Å²) in [6.07, 6.45) is -10.1.